The maximum absolute atomic E-state index is 4.88. The van der Waals surface area contributed by atoms with Crippen LogP contribution in [0.15, 0.2) is 73.1 Å². The van der Waals surface area contributed by atoms with Crippen molar-refractivity contribution in [1.29, 1.82) is 0 Å². The van der Waals surface area contributed by atoms with Gasteiger partial charge in [0.25, 0.3) is 0 Å². The van der Waals surface area contributed by atoms with E-state index < -0.39 is 0 Å². The number of aromatic nitrogens is 4. The Morgan fingerprint density at radius 3 is 2.54 bits per heavy atom. The quantitative estimate of drug-likeness (QED) is 0.422. The molecule has 122 valence electrons. The summed E-state index contributed by atoms with van der Waals surface area (Å²) in [7, 11) is 0. The zero-order valence-corrected chi connectivity index (χ0v) is 13.8. The SMILES string of the molecule is c1ccc2c(c1)[nH]c1nc(-c3ccc4[nH]c5cnccc5c4c3)ccc12. The molecule has 0 saturated carbocycles. The Kier molecular flexibility index (Phi) is 2.58. The van der Waals surface area contributed by atoms with E-state index in [0.717, 1.165) is 38.8 Å². The van der Waals surface area contributed by atoms with Gasteiger partial charge in [0.15, 0.2) is 0 Å². The first kappa shape index (κ1) is 13.6. The molecule has 0 fully saturated rings. The number of benzene rings is 2. The number of hydrogen-bond acceptors (Lipinski definition) is 2. The number of nitrogens with zero attached hydrogens (tertiary/aromatic N) is 2. The van der Waals surface area contributed by atoms with Crippen LogP contribution in [-0.2, 0) is 0 Å². The molecule has 0 atom stereocenters. The van der Waals surface area contributed by atoms with Gasteiger partial charge in [-0.3, -0.25) is 4.98 Å². The number of rotatable bonds is 1. The smallest absolute Gasteiger partial charge is 0.139 e. The molecule has 4 aromatic heterocycles. The van der Waals surface area contributed by atoms with Gasteiger partial charge in [-0.15, -0.1) is 0 Å². The number of pyridine rings is 2. The molecule has 6 rings (SSSR count). The van der Waals surface area contributed by atoms with Crippen LogP contribution in [0.1, 0.15) is 0 Å². The maximum atomic E-state index is 4.88. The van der Waals surface area contributed by atoms with Crippen LogP contribution < -0.4 is 0 Å². The second-order valence-electron chi connectivity index (χ2n) is 6.57. The van der Waals surface area contributed by atoms with Gasteiger partial charge in [0.05, 0.1) is 17.4 Å². The lowest BCUT2D eigenvalue weighted by atomic mass is 10.1. The Morgan fingerprint density at radius 2 is 1.54 bits per heavy atom. The Balaban J connectivity index is 1.59. The van der Waals surface area contributed by atoms with E-state index in [1.54, 1.807) is 0 Å². The van der Waals surface area contributed by atoms with Crippen LogP contribution in [0, 0.1) is 0 Å². The highest BCUT2D eigenvalue weighted by molar-refractivity contribution is 6.09. The molecule has 0 unspecified atom stereocenters. The number of para-hydroxylation sites is 1. The molecule has 0 bridgehead atoms. The topological polar surface area (TPSA) is 57.4 Å². The number of hydrogen-bond donors (Lipinski definition) is 2. The van der Waals surface area contributed by atoms with Gasteiger partial charge in [-0.2, -0.15) is 0 Å². The first-order valence-electron chi connectivity index (χ1n) is 8.60. The van der Waals surface area contributed by atoms with Crippen molar-refractivity contribution in [2.75, 3.05) is 0 Å². The van der Waals surface area contributed by atoms with Crippen molar-refractivity contribution in [3.8, 4) is 11.3 Å². The van der Waals surface area contributed by atoms with E-state index in [9.17, 15) is 0 Å². The van der Waals surface area contributed by atoms with Crippen LogP contribution in [0.3, 0.4) is 0 Å². The van der Waals surface area contributed by atoms with Gasteiger partial charge >= 0.3 is 0 Å². The second kappa shape index (κ2) is 4.92. The normalized spacial score (nSPS) is 11.8. The third-order valence-corrected chi connectivity index (χ3v) is 5.06. The minimum Gasteiger partial charge on any atom is -0.353 e. The Bertz CT molecular complexity index is 1440. The van der Waals surface area contributed by atoms with Gasteiger partial charge in [0, 0.05) is 44.3 Å². The van der Waals surface area contributed by atoms with Crippen LogP contribution >= 0.6 is 0 Å². The predicted molar refractivity (Wildman–Crippen MR) is 106 cm³/mol. The van der Waals surface area contributed by atoms with Gasteiger partial charge in [0.1, 0.15) is 5.65 Å². The fraction of sp³-hybridized carbons (Fsp3) is 0. The molecule has 0 aliphatic rings. The van der Waals surface area contributed by atoms with Gasteiger partial charge in [-0.05, 0) is 36.4 Å². The van der Waals surface area contributed by atoms with Crippen LogP contribution in [0.5, 0.6) is 0 Å². The van der Waals surface area contributed by atoms with Gasteiger partial charge in [0.2, 0.25) is 0 Å². The summed E-state index contributed by atoms with van der Waals surface area (Å²) in [5, 5.41) is 4.74. The highest BCUT2D eigenvalue weighted by Gasteiger charge is 2.09. The molecule has 0 radical (unpaired) electrons. The lowest BCUT2D eigenvalue weighted by molar-refractivity contribution is 1.34. The lowest BCUT2D eigenvalue weighted by Crippen LogP contribution is -1.84. The number of aromatic amines is 2. The molecule has 4 heterocycles. The van der Waals surface area contributed by atoms with Crippen molar-refractivity contribution >= 4 is 43.7 Å². The van der Waals surface area contributed by atoms with E-state index in [1.165, 1.54) is 16.2 Å². The molecule has 0 spiro atoms. The van der Waals surface area contributed by atoms with Crippen molar-refractivity contribution in [3.05, 3.63) is 73.1 Å². The first-order valence-corrected chi connectivity index (χ1v) is 8.60. The summed E-state index contributed by atoms with van der Waals surface area (Å²) in [6.45, 7) is 0. The monoisotopic (exact) mass is 334 g/mol. The van der Waals surface area contributed by atoms with Crippen LogP contribution in [-0.4, -0.2) is 19.9 Å². The summed E-state index contributed by atoms with van der Waals surface area (Å²) >= 11 is 0. The summed E-state index contributed by atoms with van der Waals surface area (Å²) in [5.74, 6) is 0. The molecular weight excluding hydrogens is 320 g/mol. The number of nitrogens with one attached hydrogen (secondary N) is 2. The fourth-order valence-corrected chi connectivity index (χ4v) is 3.80. The molecule has 26 heavy (non-hydrogen) atoms. The van der Waals surface area contributed by atoms with E-state index in [2.05, 4.69) is 63.5 Å². The minimum atomic E-state index is 0.923. The molecule has 0 aliphatic carbocycles. The average molecular weight is 334 g/mol. The zero-order chi connectivity index (χ0) is 17.1. The molecule has 0 amide bonds. The largest absolute Gasteiger partial charge is 0.353 e. The third-order valence-electron chi connectivity index (χ3n) is 5.06. The minimum absolute atomic E-state index is 0.923. The summed E-state index contributed by atoms with van der Waals surface area (Å²) in [5.41, 5.74) is 6.28. The van der Waals surface area contributed by atoms with Crippen LogP contribution in [0.2, 0.25) is 0 Å². The second-order valence-corrected chi connectivity index (χ2v) is 6.57. The molecule has 2 aromatic carbocycles. The first-order chi connectivity index (χ1) is 12.9. The number of fused-ring (bicyclic) bond motifs is 6. The zero-order valence-electron chi connectivity index (χ0n) is 13.8. The summed E-state index contributed by atoms with van der Waals surface area (Å²) in [6, 6.07) is 21.0. The van der Waals surface area contributed by atoms with Crippen molar-refractivity contribution in [3.63, 3.8) is 0 Å². The Hall–Kier alpha value is -3.66. The highest BCUT2D eigenvalue weighted by atomic mass is 14.9. The summed E-state index contributed by atoms with van der Waals surface area (Å²) in [4.78, 5) is 15.9. The van der Waals surface area contributed by atoms with Crippen LogP contribution in [0.4, 0.5) is 0 Å². The van der Waals surface area contributed by atoms with Crippen molar-refractivity contribution in [2.24, 2.45) is 0 Å². The van der Waals surface area contributed by atoms with Gasteiger partial charge in [-0.25, -0.2) is 4.98 Å². The fourth-order valence-electron chi connectivity index (χ4n) is 3.80. The highest BCUT2D eigenvalue weighted by Crippen LogP contribution is 2.31. The Labute approximate surface area is 148 Å². The third kappa shape index (κ3) is 1.84. The molecule has 4 nitrogen and oxygen atoms in total. The van der Waals surface area contributed by atoms with E-state index in [1.807, 2.05) is 24.5 Å². The van der Waals surface area contributed by atoms with Crippen molar-refractivity contribution < 1.29 is 0 Å². The van der Waals surface area contributed by atoms with E-state index in [0.29, 0.717) is 0 Å². The molecule has 4 heteroatoms. The van der Waals surface area contributed by atoms with Gasteiger partial charge in [-0.1, -0.05) is 24.3 Å². The predicted octanol–water partition coefficient (Wildman–Crippen LogP) is 5.41. The molecule has 0 aliphatic heterocycles. The Morgan fingerprint density at radius 1 is 0.654 bits per heavy atom. The molecule has 0 saturated heterocycles. The lowest BCUT2D eigenvalue weighted by Gasteiger charge is -2.02. The van der Waals surface area contributed by atoms with Gasteiger partial charge < -0.3 is 9.97 Å². The van der Waals surface area contributed by atoms with Crippen molar-refractivity contribution in [1.82, 2.24) is 19.9 Å². The standard InChI is InChI=1S/C22H14N4/c1-2-4-19-14(3-1)16-6-8-18(25-22(16)26-19)13-5-7-20-17(11-13)15-9-10-23-12-21(15)24-20/h1-12,24H,(H,25,26). The van der Waals surface area contributed by atoms with Crippen molar-refractivity contribution in [2.45, 2.75) is 0 Å². The average Bonchev–Trinajstić information content (AvgIpc) is 3.25. The molecule has 2 N–H and O–H groups in total. The van der Waals surface area contributed by atoms with E-state index >= 15 is 0 Å². The van der Waals surface area contributed by atoms with E-state index in [4.69, 9.17) is 4.98 Å². The maximum Gasteiger partial charge on any atom is 0.139 e. The number of H-pyrrole nitrogens is 2. The van der Waals surface area contributed by atoms with Crippen LogP contribution in [0.25, 0.3) is 55.0 Å². The molecular formula is C22H14N4. The van der Waals surface area contributed by atoms with E-state index in [-0.39, 0.29) is 0 Å². The molecule has 6 aromatic rings. The summed E-state index contributed by atoms with van der Waals surface area (Å²) in [6.07, 6.45) is 3.70. The summed E-state index contributed by atoms with van der Waals surface area (Å²) < 4.78 is 0.